The molecule has 0 spiro atoms. The zero-order valence-electron chi connectivity index (χ0n) is 10.8. The molecular weight excluding hydrogens is 290 g/mol. The lowest BCUT2D eigenvalue weighted by atomic mass is 10.2. The van der Waals surface area contributed by atoms with E-state index in [1.807, 2.05) is 0 Å². The summed E-state index contributed by atoms with van der Waals surface area (Å²) in [7, 11) is -6.82. The summed E-state index contributed by atoms with van der Waals surface area (Å²) in [5.41, 5.74) is 0.457. The van der Waals surface area contributed by atoms with E-state index in [9.17, 15) is 16.8 Å². The second-order valence-electron chi connectivity index (χ2n) is 4.06. The third kappa shape index (κ3) is 4.81. The van der Waals surface area contributed by atoms with Gasteiger partial charge in [0, 0.05) is 5.75 Å². The van der Waals surface area contributed by atoms with E-state index in [2.05, 4.69) is 0 Å². The summed E-state index contributed by atoms with van der Waals surface area (Å²) in [6.45, 7) is 3.19. The predicted molar refractivity (Wildman–Crippen MR) is 72.4 cm³/mol. The molecule has 108 valence electrons. The zero-order chi connectivity index (χ0) is 14.7. The van der Waals surface area contributed by atoms with Crippen LogP contribution < -0.4 is 9.88 Å². The van der Waals surface area contributed by atoms with Gasteiger partial charge in [0.25, 0.3) is 0 Å². The summed E-state index contributed by atoms with van der Waals surface area (Å²) >= 11 is 0. The minimum atomic E-state index is -3.75. The predicted octanol–water partition coefficient (Wildman–Crippen LogP) is 0.456. The number of hydrogen-bond acceptors (Lipinski definition) is 5. The van der Waals surface area contributed by atoms with Gasteiger partial charge in [0.1, 0.15) is 12.4 Å². The molecule has 1 aromatic carbocycles. The maximum Gasteiger partial charge on any atom is 0.238 e. The molecule has 6 nitrogen and oxygen atoms in total. The smallest absolute Gasteiger partial charge is 0.238 e. The van der Waals surface area contributed by atoms with Gasteiger partial charge in [-0.05, 0) is 30.7 Å². The van der Waals surface area contributed by atoms with E-state index >= 15 is 0 Å². The number of sulfonamides is 1. The molecule has 0 heterocycles. The van der Waals surface area contributed by atoms with Gasteiger partial charge in [-0.3, -0.25) is 0 Å². The van der Waals surface area contributed by atoms with Crippen molar-refractivity contribution in [3.05, 3.63) is 23.8 Å². The Kier molecular flexibility index (Phi) is 4.94. The monoisotopic (exact) mass is 307 g/mol. The summed E-state index contributed by atoms with van der Waals surface area (Å²) in [5.74, 6) is 0.412. The first-order chi connectivity index (χ1) is 8.65. The second kappa shape index (κ2) is 5.89. The van der Waals surface area contributed by atoms with Gasteiger partial charge in [-0.25, -0.2) is 22.0 Å². The van der Waals surface area contributed by atoms with Gasteiger partial charge in [0.2, 0.25) is 10.0 Å². The minimum Gasteiger partial charge on any atom is -0.493 e. The number of ether oxygens (including phenoxy) is 1. The van der Waals surface area contributed by atoms with Crippen molar-refractivity contribution < 1.29 is 21.6 Å². The van der Waals surface area contributed by atoms with Gasteiger partial charge in [-0.2, -0.15) is 0 Å². The maximum atomic E-state index is 11.3. The first-order valence-corrected chi connectivity index (χ1v) is 8.99. The fraction of sp³-hybridized carbons (Fsp3) is 0.455. The van der Waals surface area contributed by atoms with Crippen LogP contribution in [0.25, 0.3) is 0 Å². The maximum absolute atomic E-state index is 11.3. The molecule has 2 N–H and O–H groups in total. The Morgan fingerprint density at radius 1 is 1.21 bits per heavy atom. The molecule has 0 saturated carbocycles. The first-order valence-electron chi connectivity index (χ1n) is 5.62. The number of benzene rings is 1. The number of primary sulfonamides is 1. The van der Waals surface area contributed by atoms with Crippen molar-refractivity contribution in [2.24, 2.45) is 5.14 Å². The molecule has 1 aromatic rings. The highest BCUT2D eigenvalue weighted by molar-refractivity contribution is 7.91. The van der Waals surface area contributed by atoms with Crippen molar-refractivity contribution in [2.45, 2.75) is 18.7 Å². The molecule has 0 aliphatic rings. The van der Waals surface area contributed by atoms with Gasteiger partial charge >= 0.3 is 0 Å². The molecule has 0 aliphatic carbocycles. The van der Waals surface area contributed by atoms with Crippen LogP contribution >= 0.6 is 0 Å². The lowest BCUT2D eigenvalue weighted by molar-refractivity contribution is 0.340. The SMILES string of the molecule is CCS(=O)(=O)CCOc1ccc(S(N)(=O)=O)c(C)c1. The van der Waals surface area contributed by atoms with Crippen LogP contribution in [0.15, 0.2) is 23.1 Å². The lowest BCUT2D eigenvalue weighted by Crippen LogP contribution is -2.16. The Morgan fingerprint density at radius 3 is 2.32 bits per heavy atom. The molecule has 0 aliphatic heterocycles. The lowest BCUT2D eigenvalue weighted by Gasteiger charge is -2.09. The molecule has 0 amide bonds. The highest BCUT2D eigenvalue weighted by Gasteiger charge is 2.12. The van der Waals surface area contributed by atoms with E-state index in [-0.39, 0.29) is 23.0 Å². The molecule has 0 atom stereocenters. The van der Waals surface area contributed by atoms with E-state index < -0.39 is 19.9 Å². The van der Waals surface area contributed by atoms with Crippen molar-refractivity contribution in [2.75, 3.05) is 18.1 Å². The highest BCUT2D eigenvalue weighted by atomic mass is 32.2. The third-order valence-electron chi connectivity index (χ3n) is 2.56. The molecule has 8 heteroatoms. The van der Waals surface area contributed by atoms with Crippen molar-refractivity contribution >= 4 is 19.9 Å². The van der Waals surface area contributed by atoms with E-state index in [4.69, 9.17) is 9.88 Å². The number of nitrogens with two attached hydrogens (primary N) is 1. The summed E-state index contributed by atoms with van der Waals surface area (Å²) < 4.78 is 50.2. The number of hydrogen-bond donors (Lipinski definition) is 1. The van der Waals surface area contributed by atoms with Crippen molar-refractivity contribution in [1.82, 2.24) is 0 Å². The summed E-state index contributed by atoms with van der Waals surface area (Å²) in [6.07, 6.45) is 0. The van der Waals surface area contributed by atoms with Crippen LogP contribution in [-0.2, 0) is 19.9 Å². The van der Waals surface area contributed by atoms with E-state index in [1.54, 1.807) is 13.8 Å². The van der Waals surface area contributed by atoms with Gasteiger partial charge in [-0.1, -0.05) is 6.92 Å². The molecule has 0 saturated heterocycles. The van der Waals surface area contributed by atoms with Crippen molar-refractivity contribution in [3.63, 3.8) is 0 Å². The summed E-state index contributed by atoms with van der Waals surface area (Å²) in [4.78, 5) is 0.0287. The number of sulfone groups is 1. The van der Waals surface area contributed by atoms with Crippen LogP contribution in [0.1, 0.15) is 12.5 Å². The molecular formula is C11H17NO5S2. The van der Waals surface area contributed by atoms with Gasteiger partial charge in [0.15, 0.2) is 9.84 Å². The molecule has 0 bridgehead atoms. The highest BCUT2D eigenvalue weighted by Crippen LogP contribution is 2.20. The standard InChI is InChI=1S/C11H17NO5S2/c1-3-18(13,14)7-6-17-10-4-5-11(9(2)8-10)19(12,15)16/h4-5,8H,3,6-7H2,1-2H3,(H2,12,15,16). The van der Waals surface area contributed by atoms with Crippen LogP contribution in [0, 0.1) is 6.92 Å². The molecule has 0 radical (unpaired) electrons. The quantitative estimate of drug-likeness (QED) is 0.822. The summed E-state index contributed by atoms with van der Waals surface area (Å²) in [6, 6.07) is 4.30. The Balaban J connectivity index is 2.76. The van der Waals surface area contributed by atoms with Gasteiger partial charge < -0.3 is 4.74 Å². The Hall–Kier alpha value is -1.12. The van der Waals surface area contributed by atoms with Crippen LogP contribution in [0.4, 0.5) is 0 Å². The van der Waals surface area contributed by atoms with Crippen LogP contribution in [0.2, 0.25) is 0 Å². The van der Waals surface area contributed by atoms with Gasteiger partial charge in [0.05, 0.1) is 10.6 Å². The van der Waals surface area contributed by atoms with Crippen molar-refractivity contribution in [1.29, 1.82) is 0 Å². The Labute approximate surface area is 113 Å². The van der Waals surface area contributed by atoms with E-state index in [0.717, 1.165) is 0 Å². The van der Waals surface area contributed by atoms with Crippen LogP contribution in [0.5, 0.6) is 5.75 Å². The molecule has 0 unspecified atom stereocenters. The fourth-order valence-corrected chi connectivity index (χ4v) is 2.85. The van der Waals surface area contributed by atoms with E-state index in [0.29, 0.717) is 11.3 Å². The molecule has 1 rings (SSSR count). The number of aryl methyl sites for hydroxylation is 1. The average Bonchev–Trinajstić information content (AvgIpc) is 2.27. The van der Waals surface area contributed by atoms with Crippen molar-refractivity contribution in [3.8, 4) is 5.75 Å². The van der Waals surface area contributed by atoms with Crippen LogP contribution in [0.3, 0.4) is 0 Å². The first kappa shape index (κ1) is 15.9. The van der Waals surface area contributed by atoms with Crippen LogP contribution in [-0.4, -0.2) is 34.9 Å². The molecule has 0 aromatic heterocycles. The van der Waals surface area contributed by atoms with E-state index in [1.165, 1.54) is 18.2 Å². The average molecular weight is 307 g/mol. The minimum absolute atomic E-state index is 0.0287. The zero-order valence-corrected chi connectivity index (χ0v) is 12.4. The topological polar surface area (TPSA) is 104 Å². The van der Waals surface area contributed by atoms with Gasteiger partial charge in [-0.15, -0.1) is 0 Å². The normalized spacial score (nSPS) is 12.4. The molecule has 0 fully saturated rings. The Bertz CT molecular complexity index is 650. The third-order valence-corrected chi connectivity index (χ3v) is 5.30. The summed E-state index contributed by atoms with van der Waals surface area (Å²) in [5, 5.41) is 5.04. The largest absolute Gasteiger partial charge is 0.493 e. The fourth-order valence-electron chi connectivity index (χ4n) is 1.46. The Morgan fingerprint density at radius 2 is 1.84 bits per heavy atom. The molecule has 19 heavy (non-hydrogen) atoms. The second-order valence-corrected chi connectivity index (χ2v) is 8.06. The number of rotatable bonds is 6.